The molecule has 0 N–H and O–H groups in total. The maximum absolute atomic E-state index is 13.6. The van der Waals surface area contributed by atoms with Gasteiger partial charge >= 0.3 is 0 Å². The average Bonchev–Trinajstić information content (AvgIpc) is 3.29. The third-order valence-corrected chi connectivity index (χ3v) is 8.19. The maximum Gasteiger partial charge on any atom is 0.243 e. The van der Waals surface area contributed by atoms with Gasteiger partial charge in [-0.15, -0.1) is 0 Å². The molecule has 0 aliphatic heterocycles. The van der Waals surface area contributed by atoms with Crippen LogP contribution in [0.4, 0.5) is 0 Å². The summed E-state index contributed by atoms with van der Waals surface area (Å²) in [5.74, 6) is 2.23. The van der Waals surface area contributed by atoms with Gasteiger partial charge < -0.3 is 18.8 Å². The molecule has 0 saturated heterocycles. The number of amides is 1. The SMILES string of the molecule is COc1ccc(CCN(Cc2ccc(C)o2)C(=O)CN(C(C)C)S(=O)(=O)c2ccc(Cl)cc2)cc1OC. The summed E-state index contributed by atoms with van der Waals surface area (Å²) in [6, 6.07) is 14.7. The molecule has 3 rings (SSSR count). The highest BCUT2D eigenvalue weighted by molar-refractivity contribution is 7.89. The minimum Gasteiger partial charge on any atom is -0.493 e. The summed E-state index contributed by atoms with van der Waals surface area (Å²) in [7, 11) is -0.786. The topological polar surface area (TPSA) is 89.3 Å². The number of benzene rings is 2. The van der Waals surface area contributed by atoms with E-state index >= 15 is 0 Å². The molecule has 0 radical (unpaired) electrons. The van der Waals surface area contributed by atoms with Crippen molar-refractivity contribution in [3.8, 4) is 11.5 Å². The third kappa shape index (κ3) is 7.28. The summed E-state index contributed by atoms with van der Waals surface area (Å²) in [4.78, 5) is 15.3. The maximum atomic E-state index is 13.6. The summed E-state index contributed by atoms with van der Waals surface area (Å²) in [6.07, 6.45) is 0.525. The number of furan rings is 1. The zero-order valence-electron chi connectivity index (χ0n) is 21.7. The monoisotopic (exact) mass is 548 g/mol. The van der Waals surface area contributed by atoms with E-state index in [-0.39, 0.29) is 23.9 Å². The molecule has 3 aromatic rings. The minimum absolute atomic E-state index is 0.0805. The van der Waals surface area contributed by atoms with Gasteiger partial charge in [-0.05, 0) is 81.3 Å². The Morgan fingerprint density at radius 1 is 1.00 bits per heavy atom. The number of hydrogen-bond donors (Lipinski definition) is 0. The second-order valence-corrected chi connectivity index (χ2v) is 11.2. The van der Waals surface area contributed by atoms with Crippen LogP contribution in [0.2, 0.25) is 5.02 Å². The molecule has 0 spiro atoms. The van der Waals surface area contributed by atoms with Crippen molar-refractivity contribution in [3.63, 3.8) is 0 Å². The van der Waals surface area contributed by atoms with E-state index in [1.165, 1.54) is 28.6 Å². The van der Waals surface area contributed by atoms with Crippen LogP contribution in [0.15, 0.2) is 63.9 Å². The lowest BCUT2D eigenvalue weighted by molar-refractivity contribution is -0.132. The Morgan fingerprint density at radius 3 is 2.24 bits per heavy atom. The van der Waals surface area contributed by atoms with E-state index in [0.29, 0.717) is 35.2 Å². The molecule has 0 saturated carbocycles. The van der Waals surface area contributed by atoms with Crippen molar-refractivity contribution in [2.75, 3.05) is 27.3 Å². The standard InChI is InChI=1S/C27H33ClN2O6S/c1-19(2)30(37(32,33)24-11-8-22(28)9-12-24)18-27(31)29(17-23-10-6-20(3)36-23)15-14-21-7-13-25(34-4)26(16-21)35-5/h6-13,16,19H,14-15,17-18H2,1-5H3. The number of nitrogens with zero attached hydrogens (tertiary/aromatic N) is 2. The number of carbonyl (C=O) groups excluding carboxylic acids is 1. The van der Waals surface area contributed by atoms with Crippen LogP contribution >= 0.6 is 11.6 Å². The van der Waals surface area contributed by atoms with Crippen LogP contribution in [-0.2, 0) is 27.8 Å². The van der Waals surface area contributed by atoms with Crippen molar-refractivity contribution in [3.05, 3.63) is 76.7 Å². The Hall–Kier alpha value is -3.01. The number of ether oxygens (including phenoxy) is 2. The summed E-state index contributed by atoms with van der Waals surface area (Å²) in [5.41, 5.74) is 0.945. The van der Waals surface area contributed by atoms with Gasteiger partial charge in [-0.1, -0.05) is 17.7 Å². The second-order valence-electron chi connectivity index (χ2n) is 8.86. The first-order valence-electron chi connectivity index (χ1n) is 11.9. The van der Waals surface area contributed by atoms with Crippen molar-refractivity contribution in [2.24, 2.45) is 0 Å². The highest BCUT2D eigenvalue weighted by atomic mass is 35.5. The van der Waals surface area contributed by atoms with E-state index in [1.807, 2.05) is 37.3 Å². The molecule has 0 fully saturated rings. The van der Waals surface area contributed by atoms with Crippen molar-refractivity contribution in [1.82, 2.24) is 9.21 Å². The molecule has 0 aliphatic rings. The molecule has 10 heteroatoms. The molecule has 2 aromatic carbocycles. The van der Waals surface area contributed by atoms with E-state index in [9.17, 15) is 13.2 Å². The van der Waals surface area contributed by atoms with Gasteiger partial charge in [0.1, 0.15) is 11.5 Å². The van der Waals surface area contributed by atoms with Gasteiger partial charge in [-0.3, -0.25) is 4.79 Å². The lowest BCUT2D eigenvalue weighted by Crippen LogP contribution is -2.46. The number of rotatable bonds is 12. The Morgan fingerprint density at radius 2 is 1.68 bits per heavy atom. The fourth-order valence-electron chi connectivity index (χ4n) is 3.87. The molecule has 1 amide bonds. The summed E-state index contributed by atoms with van der Waals surface area (Å²) in [6.45, 7) is 5.57. The fourth-order valence-corrected chi connectivity index (χ4v) is 5.58. The van der Waals surface area contributed by atoms with Crippen LogP contribution < -0.4 is 9.47 Å². The first-order chi connectivity index (χ1) is 17.5. The third-order valence-electron chi connectivity index (χ3n) is 5.90. The fraction of sp³-hybridized carbons (Fsp3) is 0.370. The lowest BCUT2D eigenvalue weighted by atomic mass is 10.1. The smallest absolute Gasteiger partial charge is 0.243 e. The Kier molecular flexibility index (Phi) is 9.64. The van der Waals surface area contributed by atoms with E-state index in [2.05, 4.69) is 0 Å². The molecule has 37 heavy (non-hydrogen) atoms. The molecule has 0 bridgehead atoms. The number of carbonyl (C=O) groups is 1. The van der Waals surface area contributed by atoms with E-state index in [4.69, 9.17) is 25.5 Å². The molecule has 0 atom stereocenters. The number of hydrogen-bond acceptors (Lipinski definition) is 6. The van der Waals surface area contributed by atoms with Crippen LogP contribution in [0.5, 0.6) is 11.5 Å². The van der Waals surface area contributed by atoms with Crippen LogP contribution in [0, 0.1) is 6.92 Å². The predicted octanol–water partition coefficient (Wildman–Crippen LogP) is 4.93. The molecule has 1 aromatic heterocycles. The van der Waals surface area contributed by atoms with Crippen LogP contribution in [0.3, 0.4) is 0 Å². The minimum atomic E-state index is -3.92. The number of aryl methyl sites for hydroxylation is 1. The van der Waals surface area contributed by atoms with Gasteiger partial charge in [0.05, 0.1) is 32.2 Å². The van der Waals surface area contributed by atoms with E-state index in [0.717, 1.165) is 11.3 Å². The molecule has 8 nitrogen and oxygen atoms in total. The molecule has 1 heterocycles. The highest BCUT2D eigenvalue weighted by Crippen LogP contribution is 2.28. The first kappa shape index (κ1) is 28.6. The van der Waals surface area contributed by atoms with Gasteiger partial charge in [-0.2, -0.15) is 4.31 Å². The quantitative estimate of drug-likeness (QED) is 0.319. The van der Waals surface area contributed by atoms with Crippen LogP contribution in [0.1, 0.15) is 30.9 Å². The largest absolute Gasteiger partial charge is 0.493 e. The van der Waals surface area contributed by atoms with Crippen LogP contribution in [-0.4, -0.2) is 56.9 Å². The zero-order valence-corrected chi connectivity index (χ0v) is 23.3. The van der Waals surface area contributed by atoms with E-state index in [1.54, 1.807) is 33.0 Å². The normalized spacial score (nSPS) is 11.7. The molecule has 0 unspecified atom stereocenters. The van der Waals surface area contributed by atoms with Crippen LogP contribution in [0.25, 0.3) is 0 Å². The summed E-state index contributed by atoms with van der Waals surface area (Å²) < 4.78 is 44.4. The van der Waals surface area contributed by atoms with Crippen molar-refractivity contribution >= 4 is 27.5 Å². The number of sulfonamides is 1. The summed E-state index contributed by atoms with van der Waals surface area (Å²) in [5, 5.41) is 0.432. The Bertz CT molecular complexity index is 1300. The second kappa shape index (κ2) is 12.5. The number of halogens is 1. The summed E-state index contributed by atoms with van der Waals surface area (Å²) >= 11 is 5.94. The van der Waals surface area contributed by atoms with Gasteiger partial charge in [0.15, 0.2) is 11.5 Å². The Labute approximate surface area is 223 Å². The van der Waals surface area contributed by atoms with Gasteiger partial charge in [0.2, 0.25) is 15.9 Å². The molecule has 200 valence electrons. The average molecular weight is 549 g/mol. The number of methoxy groups -OCH3 is 2. The van der Waals surface area contributed by atoms with Crippen molar-refractivity contribution in [1.29, 1.82) is 0 Å². The van der Waals surface area contributed by atoms with Gasteiger partial charge in [-0.25, -0.2) is 8.42 Å². The predicted molar refractivity (Wildman–Crippen MR) is 143 cm³/mol. The lowest BCUT2D eigenvalue weighted by Gasteiger charge is -2.29. The Balaban J connectivity index is 1.84. The van der Waals surface area contributed by atoms with E-state index < -0.39 is 16.1 Å². The van der Waals surface area contributed by atoms with Crippen molar-refractivity contribution < 1.29 is 27.1 Å². The zero-order chi connectivity index (χ0) is 27.2. The highest BCUT2D eigenvalue weighted by Gasteiger charge is 2.31. The first-order valence-corrected chi connectivity index (χ1v) is 13.7. The molecular weight excluding hydrogens is 516 g/mol. The van der Waals surface area contributed by atoms with Crippen molar-refractivity contribution in [2.45, 2.75) is 44.7 Å². The molecular formula is C27H33ClN2O6S. The van der Waals surface area contributed by atoms with Gasteiger partial charge in [0.25, 0.3) is 0 Å². The molecule has 0 aliphatic carbocycles. The van der Waals surface area contributed by atoms with Gasteiger partial charge in [0, 0.05) is 17.6 Å².